The summed E-state index contributed by atoms with van der Waals surface area (Å²) in [7, 11) is 0. The normalized spacial score (nSPS) is 10.3. The molecule has 0 bridgehead atoms. The van der Waals surface area contributed by atoms with Gasteiger partial charge in [-0.2, -0.15) is 0 Å². The molecule has 5 heteroatoms. The molecule has 0 unspecified atom stereocenters. The Bertz CT molecular complexity index is 616. The standard InChI is InChI=1S/C14H12BrFN2O/c1-9-7-17-6-5-10(9)8-18-14(19)11-3-2-4-12(16)13(11)15/h2-7H,8H2,1H3,(H,18,19). The number of hydrogen-bond donors (Lipinski definition) is 1. The quantitative estimate of drug-likeness (QED) is 0.942. The van der Waals surface area contributed by atoms with Crippen LogP contribution in [0.4, 0.5) is 4.39 Å². The number of halogens is 2. The first-order valence-corrected chi connectivity index (χ1v) is 6.50. The number of amides is 1. The molecule has 1 heterocycles. The van der Waals surface area contributed by atoms with Gasteiger partial charge in [-0.3, -0.25) is 9.78 Å². The average Bonchev–Trinajstić information content (AvgIpc) is 2.40. The van der Waals surface area contributed by atoms with Gasteiger partial charge < -0.3 is 5.32 Å². The number of benzene rings is 1. The lowest BCUT2D eigenvalue weighted by Gasteiger charge is -2.09. The van der Waals surface area contributed by atoms with Crippen LogP contribution in [0.25, 0.3) is 0 Å². The van der Waals surface area contributed by atoms with E-state index in [0.717, 1.165) is 11.1 Å². The summed E-state index contributed by atoms with van der Waals surface area (Å²) in [6, 6.07) is 6.22. The fourth-order valence-electron chi connectivity index (χ4n) is 1.65. The van der Waals surface area contributed by atoms with Gasteiger partial charge in [0.25, 0.3) is 5.91 Å². The first kappa shape index (κ1) is 13.7. The Morgan fingerprint density at radius 2 is 2.21 bits per heavy atom. The highest BCUT2D eigenvalue weighted by Crippen LogP contribution is 2.20. The van der Waals surface area contributed by atoms with E-state index in [1.165, 1.54) is 12.1 Å². The minimum absolute atomic E-state index is 0.180. The first-order chi connectivity index (χ1) is 9.09. The third kappa shape index (κ3) is 3.17. The minimum atomic E-state index is -0.451. The highest BCUT2D eigenvalue weighted by molar-refractivity contribution is 9.10. The van der Waals surface area contributed by atoms with Gasteiger partial charge in [-0.05, 0) is 52.2 Å². The van der Waals surface area contributed by atoms with Crippen molar-refractivity contribution in [1.82, 2.24) is 10.3 Å². The maximum absolute atomic E-state index is 13.3. The molecule has 98 valence electrons. The van der Waals surface area contributed by atoms with E-state index in [-0.39, 0.29) is 15.9 Å². The molecular formula is C14H12BrFN2O. The highest BCUT2D eigenvalue weighted by Gasteiger charge is 2.12. The zero-order valence-corrected chi connectivity index (χ0v) is 11.9. The molecule has 3 nitrogen and oxygen atoms in total. The summed E-state index contributed by atoms with van der Waals surface area (Å²) in [6.45, 7) is 2.31. The van der Waals surface area contributed by atoms with E-state index >= 15 is 0 Å². The van der Waals surface area contributed by atoms with E-state index in [1.54, 1.807) is 18.5 Å². The lowest BCUT2D eigenvalue weighted by Crippen LogP contribution is -2.23. The number of carbonyl (C=O) groups excluding carboxylic acids is 1. The zero-order chi connectivity index (χ0) is 13.8. The zero-order valence-electron chi connectivity index (χ0n) is 10.3. The van der Waals surface area contributed by atoms with Gasteiger partial charge in [-0.25, -0.2) is 4.39 Å². The molecular weight excluding hydrogens is 311 g/mol. The second-order valence-corrected chi connectivity index (χ2v) is 4.88. The molecule has 1 N–H and O–H groups in total. The van der Waals surface area contributed by atoms with E-state index in [2.05, 4.69) is 26.2 Å². The van der Waals surface area contributed by atoms with E-state index in [9.17, 15) is 9.18 Å². The van der Waals surface area contributed by atoms with Crippen LogP contribution in [0.5, 0.6) is 0 Å². The topological polar surface area (TPSA) is 42.0 Å². The van der Waals surface area contributed by atoms with Crippen molar-refractivity contribution in [3.63, 3.8) is 0 Å². The smallest absolute Gasteiger partial charge is 0.252 e. The van der Waals surface area contributed by atoms with Gasteiger partial charge in [0.2, 0.25) is 0 Å². The fraction of sp³-hybridized carbons (Fsp3) is 0.143. The maximum Gasteiger partial charge on any atom is 0.252 e. The van der Waals surface area contributed by atoms with Crippen molar-refractivity contribution in [3.05, 3.63) is 63.6 Å². The number of nitrogens with zero attached hydrogens (tertiary/aromatic N) is 1. The molecule has 0 saturated carbocycles. The third-order valence-corrected chi connectivity index (χ3v) is 3.58. The number of hydrogen-bond acceptors (Lipinski definition) is 2. The van der Waals surface area contributed by atoms with Gasteiger partial charge in [-0.15, -0.1) is 0 Å². The lowest BCUT2D eigenvalue weighted by atomic mass is 10.1. The van der Waals surface area contributed by atoms with Crippen molar-refractivity contribution in [1.29, 1.82) is 0 Å². The van der Waals surface area contributed by atoms with E-state index in [0.29, 0.717) is 6.54 Å². The maximum atomic E-state index is 13.3. The Hall–Kier alpha value is -1.75. The van der Waals surface area contributed by atoms with Gasteiger partial charge in [0, 0.05) is 18.9 Å². The van der Waals surface area contributed by atoms with E-state index in [1.807, 2.05) is 13.0 Å². The number of rotatable bonds is 3. The van der Waals surface area contributed by atoms with E-state index < -0.39 is 5.82 Å². The molecule has 0 aliphatic rings. The molecule has 0 fully saturated rings. The second-order valence-electron chi connectivity index (χ2n) is 4.09. The Kier molecular flexibility index (Phi) is 4.27. The molecule has 0 radical (unpaired) electrons. The summed E-state index contributed by atoms with van der Waals surface area (Å²) < 4.78 is 13.5. The van der Waals surface area contributed by atoms with Gasteiger partial charge in [0.05, 0.1) is 10.0 Å². The van der Waals surface area contributed by atoms with Gasteiger partial charge in [0.1, 0.15) is 5.82 Å². The van der Waals surface area contributed by atoms with Crippen LogP contribution in [0, 0.1) is 12.7 Å². The van der Waals surface area contributed by atoms with Gasteiger partial charge in [-0.1, -0.05) is 6.07 Å². The molecule has 1 aromatic heterocycles. The summed E-state index contributed by atoms with van der Waals surface area (Å²) >= 11 is 3.08. The SMILES string of the molecule is Cc1cnccc1CNC(=O)c1cccc(F)c1Br. The molecule has 0 saturated heterocycles. The van der Waals surface area contributed by atoms with Crippen molar-refractivity contribution < 1.29 is 9.18 Å². The molecule has 0 aliphatic carbocycles. The van der Waals surface area contributed by atoms with Crippen molar-refractivity contribution >= 4 is 21.8 Å². The van der Waals surface area contributed by atoms with Crippen LogP contribution in [0.15, 0.2) is 41.1 Å². The number of nitrogens with one attached hydrogen (secondary N) is 1. The summed E-state index contributed by atoms with van der Waals surface area (Å²) in [5.74, 6) is -0.768. The highest BCUT2D eigenvalue weighted by atomic mass is 79.9. The molecule has 1 amide bonds. The number of aromatic nitrogens is 1. The van der Waals surface area contributed by atoms with Crippen LogP contribution in [0.3, 0.4) is 0 Å². The fourth-order valence-corrected chi connectivity index (χ4v) is 2.09. The van der Waals surface area contributed by atoms with Crippen LogP contribution in [-0.2, 0) is 6.54 Å². The molecule has 19 heavy (non-hydrogen) atoms. The van der Waals surface area contributed by atoms with Crippen LogP contribution in [0.2, 0.25) is 0 Å². The summed E-state index contributed by atoms with van der Waals surface area (Å²) in [5.41, 5.74) is 2.27. The second kappa shape index (κ2) is 5.93. The van der Waals surface area contributed by atoms with Crippen molar-refractivity contribution in [2.24, 2.45) is 0 Å². The molecule has 0 spiro atoms. The minimum Gasteiger partial charge on any atom is -0.348 e. The van der Waals surface area contributed by atoms with Crippen molar-refractivity contribution in [2.45, 2.75) is 13.5 Å². The predicted molar refractivity (Wildman–Crippen MR) is 74.2 cm³/mol. The number of carbonyl (C=O) groups is 1. The Balaban J connectivity index is 2.10. The van der Waals surface area contributed by atoms with Gasteiger partial charge >= 0.3 is 0 Å². The largest absolute Gasteiger partial charge is 0.348 e. The molecule has 0 aliphatic heterocycles. The van der Waals surface area contributed by atoms with E-state index in [4.69, 9.17) is 0 Å². The van der Waals surface area contributed by atoms with Crippen molar-refractivity contribution in [3.8, 4) is 0 Å². The van der Waals surface area contributed by atoms with Crippen LogP contribution < -0.4 is 5.32 Å². The number of pyridine rings is 1. The van der Waals surface area contributed by atoms with Crippen LogP contribution in [0.1, 0.15) is 21.5 Å². The summed E-state index contributed by atoms with van der Waals surface area (Å²) in [4.78, 5) is 16.0. The van der Waals surface area contributed by atoms with Crippen molar-refractivity contribution in [2.75, 3.05) is 0 Å². The van der Waals surface area contributed by atoms with Crippen LogP contribution in [-0.4, -0.2) is 10.9 Å². The number of aryl methyl sites for hydroxylation is 1. The molecule has 0 atom stereocenters. The first-order valence-electron chi connectivity index (χ1n) is 5.71. The monoisotopic (exact) mass is 322 g/mol. The van der Waals surface area contributed by atoms with Gasteiger partial charge in [0.15, 0.2) is 0 Å². The Labute approximate surface area is 119 Å². The Morgan fingerprint density at radius 1 is 1.42 bits per heavy atom. The molecule has 2 rings (SSSR count). The predicted octanol–water partition coefficient (Wildman–Crippen LogP) is 3.22. The average molecular weight is 323 g/mol. The Morgan fingerprint density at radius 3 is 2.95 bits per heavy atom. The van der Waals surface area contributed by atoms with Crippen LogP contribution >= 0.6 is 15.9 Å². The summed E-state index contributed by atoms with van der Waals surface area (Å²) in [6.07, 6.45) is 3.41. The molecule has 1 aromatic carbocycles. The summed E-state index contributed by atoms with van der Waals surface area (Å²) in [5, 5.41) is 2.76. The lowest BCUT2D eigenvalue weighted by molar-refractivity contribution is 0.0949. The molecule has 2 aromatic rings. The third-order valence-electron chi connectivity index (χ3n) is 2.77.